The van der Waals surface area contributed by atoms with Gasteiger partial charge < -0.3 is 5.73 Å². The Morgan fingerprint density at radius 3 is 2.29 bits per heavy atom. The summed E-state index contributed by atoms with van der Waals surface area (Å²) in [4.78, 5) is 0. The van der Waals surface area contributed by atoms with Crippen LogP contribution in [0.3, 0.4) is 0 Å². The Kier molecular flexibility index (Phi) is 7.37. The highest BCUT2D eigenvalue weighted by Gasteiger charge is 2.07. The van der Waals surface area contributed by atoms with Crippen LogP contribution in [0.4, 0.5) is 0 Å². The fourth-order valence-electron chi connectivity index (χ4n) is 1.78. The summed E-state index contributed by atoms with van der Waals surface area (Å²) in [7, 11) is 0. The van der Waals surface area contributed by atoms with E-state index in [-0.39, 0.29) is 6.04 Å². The van der Waals surface area contributed by atoms with Crippen molar-refractivity contribution in [2.24, 2.45) is 5.73 Å². The Labute approximate surface area is 109 Å². The molecule has 2 N–H and O–H groups in total. The average Bonchev–Trinajstić information content (AvgIpc) is 2.77. The first-order valence-corrected chi connectivity index (χ1v) is 7.63. The monoisotopic (exact) mass is 255 g/mol. The van der Waals surface area contributed by atoms with E-state index < -0.39 is 0 Å². The van der Waals surface area contributed by atoms with Gasteiger partial charge in [-0.1, -0.05) is 56.8 Å². The molecule has 0 aliphatic carbocycles. The summed E-state index contributed by atoms with van der Waals surface area (Å²) < 4.78 is 0. The van der Waals surface area contributed by atoms with Gasteiger partial charge in [-0.2, -0.15) is 0 Å². The van der Waals surface area contributed by atoms with Crippen LogP contribution >= 0.6 is 11.3 Å². The van der Waals surface area contributed by atoms with Gasteiger partial charge in [-0.05, 0) is 13.3 Å². The molecule has 0 aromatic carbocycles. The lowest BCUT2D eigenvalue weighted by Crippen LogP contribution is -2.03. The van der Waals surface area contributed by atoms with Gasteiger partial charge >= 0.3 is 0 Å². The molecule has 1 atom stereocenters. The first kappa shape index (κ1) is 14.6. The molecule has 98 valence electrons. The molecule has 0 radical (unpaired) electrons. The third kappa shape index (κ3) is 6.13. The van der Waals surface area contributed by atoms with Crippen molar-refractivity contribution in [1.82, 2.24) is 10.2 Å². The van der Waals surface area contributed by atoms with Gasteiger partial charge in [-0.15, -0.1) is 10.2 Å². The van der Waals surface area contributed by atoms with Crippen LogP contribution in [-0.2, 0) is 6.42 Å². The lowest BCUT2D eigenvalue weighted by molar-refractivity contribution is 0.588. The highest BCUT2D eigenvalue weighted by Crippen LogP contribution is 2.18. The maximum absolute atomic E-state index is 5.76. The number of rotatable bonds is 9. The molecular formula is C13H25N3S. The van der Waals surface area contributed by atoms with E-state index in [1.54, 1.807) is 11.3 Å². The molecule has 1 heterocycles. The number of nitrogens with zero attached hydrogens (tertiary/aromatic N) is 2. The van der Waals surface area contributed by atoms with E-state index in [0.29, 0.717) is 0 Å². The summed E-state index contributed by atoms with van der Waals surface area (Å²) in [5, 5.41) is 10.4. The van der Waals surface area contributed by atoms with E-state index in [0.717, 1.165) is 16.4 Å². The van der Waals surface area contributed by atoms with E-state index in [1.165, 1.54) is 44.9 Å². The fourth-order valence-corrected chi connectivity index (χ4v) is 2.62. The molecule has 0 spiro atoms. The number of nitrogens with two attached hydrogens (primary N) is 1. The lowest BCUT2D eigenvalue weighted by atomic mass is 10.1. The van der Waals surface area contributed by atoms with Gasteiger partial charge in [0.1, 0.15) is 10.0 Å². The number of aryl methyl sites for hydroxylation is 1. The smallest absolute Gasteiger partial charge is 0.133 e. The van der Waals surface area contributed by atoms with Crippen LogP contribution in [0.1, 0.15) is 74.9 Å². The van der Waals surface area contributed by atoms with Gasteiger partial charge in [-0.3, -0.25) is 0 Å². The molecule has 0 aliphatic heterocycles. The van der Waals surface area contributed by atoms with Crippen LogP contribution in [-0.4, -0.2) is 10.2 Å². The highest BCUT2D eigenvalue weighted by atomic mass is 32.1. The number of unbranched alkanes of at least 4 members (excludes halogenated alkanes) is 6. The molecule has 0 amide bonds. The quantitative estimate of drug-likeness (QED) is 0.682. The summed E-state index contributed by atoms with van der Waals surface area (Å²) in [6.45, 7) is 4.21. The van der Waals surface area contributed by atoms with Crippen molar-refractivity contribution >= 4 is 11.3 Å². The Hall–Kier alpha value is -0.480. The normalized spacial score (nSPS) is 12.9. The van der Waals surface area contributed by atoms with Crippen LogP contribution < -0.4 is 5.73 Å². The van der Waals surface area contributed by atoms with Crippen LogP contribution in [0.5, 0.6) is 0 Å². The molecule has 1 aromatic rings. The largest absolute Gasteiger partial charge is 0.322 e. The Morgan fingerprint density at radius 2 is 1.71 bits per heavy atom. The minimum Gasteiger partial charge on any atom is -0.322 e. The number of hydrogen-bond acceptors (Lipinski definition) is 4. The predicted octanol–water partition coefficient (Wildman–Crippen LogP) is 3.85. The third-order valence-corrected chi connectivity index (χ3v) is 4.05. The zero-order valence-electron chi connectivity index (χ0n) is 11.1. The highest BCUT2D eigenvalue weighted by molar-refractivity contribution is 7.11. The summed E-state index contributed by atoms with van der Waals surface area (Å²) in [5.74, 6) is 0. The molecule has 0 bridgehead atoms. The van der Waals surface area contributed by atoms with Crippen LogP contribution in [0.15, 0.2) is 0 Å². The van der Waals surface area contributed by atoms with E-state index in [4.69, 9.17) is 5.73 Å². The zero-order valence-corrected chi connectivity index (χ0v) is 11.9. The maximum Gasteiger partial charge on any atom is 0.133 e. The maximum atomic E-state index is 5.76. The van der Waals surface area contributed by atoms with Crippen molar-refractivity contribution in [3.63, 3.8) is 0 Å². The second kappa shape index (κ2) is 8.59. The van der Waals surface area contributed by atoms with Gasteiger partial charge in [0, 0.05) is 6.42 Å². The topological polar surface area (TPSA) is 51.8 Å². The third-order valence-electron chi connectivity index (χ3n) is 2.87. The molecule has 17 heavy (non-hydrogen) atoms. The second-order valence-electron chi connectivity index (χ2n) is 4.69. The first-order valence-electron chi connectivity index (χ1n) is 6.82. The predicted molar refractivity (Wildman–Crippen MR) is 74.2 cm³/mol. The van der Waals surface area contributed by atoms with Gasteiger partial charge in [0.05, 0.1) is 6.04 Å². The van der Waals surface area contributed by atoms with Crippen molar-refractivity contribution in [2.45, 2.75) is 71.3 Å². The molecule has 4 heteroatoms. The van der Waals surface area contributed by atoms with E-state index in [9.17, 15) is 0 Å². The van der Waals surface area contributed by atoms with Crippen molar-refractivity contribution < 1.29 is 0 Å². The van der Waals surface area contributed by atoms with Crippen molar-refractivity contribution in [1.29, 1.82) is 0 Å². The van der Waals surface area contributed by atoms with Gasteiger partial charge in [0.25, 0.3) is 0 Å². The van der Waals surface area contributed by atoms with E-state index >= 15 is 0 Å². The summed E-state index contributed by atoms with van der Waals surface area (Å²) >= 11 is 1.67. The fraction of sp³-hybridized carbons (Fsp3) is 0.846. The average molecular weight is 255 g/mol. The summed E-state index contributed by atoms with van der Waals surface area (Å²) in [6.07, 6.45) is 10.5. The van der Waals surface area contributed by atoms with Gasteiger partial charge in [0.2, 0.25) is 0 Å². The van der Waals surface area contributed by atoms with E-state index in [1.807, 2.05) is 6.92 Å². The van der Waals surface area contributed by atoms with Crippen LogP contribution in [0.25, 0.3) is 0 Å². The van der Waals surface area contributed by atoms with Crippen LogP contribution in [0, 0.1) is 0 Å². The van der Waals surface area contributed by atoms with Crippen molar-refractivity contribution in [3.8, 4) is 0 Å². The minimum absolute atomic E-state index is 0.0234. The molecule has 0 saturated carbocycles. The molecular weight excluding hydrogens is 230 g/mol. The molecule has 0 fully saturated rings. The summed E-state index contributed by atoms with van der Waals surface area (Å²) in [5.41, 5.74) is 5.76. The standard InChI is InChI=1S/C13H25N3S/c1-3-4-5-6-7-8-9-10-12-15-16-13(17-12)11(2)14/h11H,3-10,14H2,1-2H3. The van der Waals surface area contributed by atoms with Crippen molar-refractivity contribution in [2.75, 3.05) is 0 Å². The molecule has 1 unspecified atom stereocenters. The Balaban J connectivity index is 2.05. The number of aromatic nitrogens is 2. The molecule has 3 nitrogen and oxygen atoms in total. The Bertz CT molecular complexity index is 297. The SMILES string of the molecule is CCCCCCCCCc1nnc(C(C)N)s1. The van der Waals surface area contributed by atoms with E-state index in [2.05, 4.69) is 17.1 Å². The Morgan fingerprint density at radius 1 is 1.06 bits per heavy atom. The second-order valence-corrected chi connectivity index (χ2v) is 5.79. The number of hydrogen-bond donors (Lipinski definition) is 1. The van der Waals surface area contributed by atoms with Gasteiger partial charge in [0.15, 0.2) is 0 Å². The molecule has 0 saturated heterocycles. The van der Waals surface area contributed by atoms with Crippen LogP contribution in [0.2, 0.25) is 0 Å². The van der Waals surface area contributed by atoms with Crippen molar-refractivity contribution in [3.05, 3.63) is 10.0 Å². The molecule has 1 aromatic heterocycles. The lowest BCUT2D eigenvalue weighted by Gasteiger charge is -1.99. The zero-order chi connectivity index (χ0) is 12.5. The first-order chi connectivity index (χ1) is 8.24. The summed E-state index contributed by atoms with van der Waals surface area (Å²) in [6, 6.07) is 0.0234. The molecule has 0 aliphatic rings. The molecule has 1 rings (SSSR count). The van der Waals surface area contributed by atoms with Gasteiger partial charge in [-0.25, -0.2) is 0 Å². The minimum atomic E-state index is 0.0234.